The van der Waals surface area contributed by atoms with Gasteiger partial charge in [-0.1, -0.05) is 19.1 Å². The second kappa shape index (κ2) is 5.80. The van der Waals surface area contributed by atoms with Crippen LogP contribution < -0.4 is 4.74 Å². The molecular formula is C15H14F2O2. The zero-order chi connectivity index (χ0) is 13.8. The van der Waals surface area contributed by atoms with E-state index >= 15 is 0 Å². The highest BCUT2D eigenvalue weighted by atomic mass is 19.1. The highest BCUT2D eigenvalue weighted by Gasteiger charge is 2.06. The smallest absolute Gasteiger partial charge is 0.133 e. The van der Waals surface area contributed by atoms with Gasteiger partial charge in [0.2, 0.25) is 0 Å². The number of benzene rings is 2. The first kappa shape index (κ1) is 13.5. The minimum absolute atomic E-state index is 0.0984. The minimum Gasteiger partial charge on any atom is -0.457 e. The Morgan fingerprint density at radius 2 is 1.58 bits per heavy atom. The molecule has 1 N–H and O–H groups in total. The van der Waals surface area contributed by atoms with Gasteiger partial charge < -0.3 is 9.84 Å². The van der Waals surface area contributed by atoms with E-state index in [0.29, 0.717) is 12.2 Å². The Morgan fingerprint density at radius 3 is 2.11 bits per heavy atom. The number of halogens is 2. The Kier molecular flexibility index (Phi) is 4.12. The van der Waals surface area contributed by atoms with Gasteiger partial charge in [-0.2, -0.15) is 0 Å². The number of aliphatic hydroxyl groups is 1. The molecule has 100 valence electrons. The molecule has 0 fully saturated rings. The normalized spacial score (nSPS) is 12.2. The summed E-state index contributed by atoms with van der Waals surface area (Å²) in [5.74, 6) is -0.820. The molecule has 0 spiro atoms. The van der Waals surface area contributed by atoms with E-state index in [4.69, 9.17) is 4.74 Å². The molecule has 19 heavy (non-hydrogen) atoms. The molecule has 4 heteroatoms. The van der Waals surface area contributed by atoms with Gasteiger partial charge in [-0.15, -0.1) is 0 Å². The number of hydrogen-bond acceptors (Lipinski definition) is 2. The lowest BCUT2D eigenvalue weighted by Crippen LogP contribution is -1.94. The van der Waals surface area contributed by atoms with Gasteiger partial charge in [0, 0.05) is 18.2 Å². The van der Waals surface area contributed by atoms with Gasteiger partial charge >= 0.3 is 0 Å². The molecule has 0 aromatic heterocycles. The molecular weight excluding hydrogens is 250 g/mol. The van der Waals surface area contributed by atoms with Crippen molar-refractivity contribution in [3.05, 3.63) is 59.7 Å². The number of aliphatic hydroxyl groups excluding tert-OH is 1. The maximum absolute atomic E-state index is 13.0. The third-order valence-corrected chi connectivity index (χ3v) is 2.72. The lowest BCUT2D eigenvalue weighted by Gasteiger charge is -2.10. The van der Waals surface area contributed by atoms with Crippen molar-refractivity contribution in [3.8, 4) is 11.5 Å². The molecule has 0 unspecified atom stereocenters. The monoisotopic (exact) mass is 264 g/mol. The SMILES string of the molecule is CC[C@@H](O)c1ccc(Oc2cc(F)cc(F)c2)cc1. The van der Waals surface area contributed by atoms with Crippen LogP contribution in [-0.4, -0.2) is 5.11 Å². The van der Waals surface area contributed by atoms with E-state index in [-0.39, 0.29) is 5.75 Å². The number of rotatable bonds is 4. The molecule has 0 aliphatic heterocycles. The van der Waals surface area contributed by atoms with Crippen LogP contribution in [0.25, 0.3) is 0 Å². The summed E-state index contributed by atoms with van der Waals surface area (Å²) in [5, 5.41) is 9.64. The number of ether oxygens (including phenoxy) is 1. The van der Waals surface area contributed by atoms with Gasteiger partial charge in [0.1, 0.15) is 23.1 Å². The summed E-state index contributed by atoms with van der Waals surface area (Å²) in [7, 11) is 0. The standard InChI is InChI=1S/C15H14F2O2/c1-2-15(18)10-3-5-13(6-4-10)19-14-8-11(16)7-12(17)9-14/h3-9,15,18H,2H2,1H3/t15-/m1/s1. The van der Waals surface area contributed by atoms with E-state index in [0.717, 1.165) is 23.8 Å². The van der Waals surface area contributed by atoms with Crippen LogP contribution in [0.3, 0.4) is 0 Å². The van der Waals surface area contributed by atoms with E-state index in [1.165, 1.54) is 0 Å². The lowest BCUT2D eigenvalue weighted by atomic mass is 10.1. The molecule has 0 amide bonds. The zero-order valence-electron chi connectivity index (χ0n) is 10.4. The maximum Gasteiger partial charge on any atom is 0.133 e. The molecule has 2 aromatic carbocycles. The van der Waals surface area contributed by atoms with Crippen LogP contribution in [0.1, 0.15) is 25.0 Å². The third-order valence-electron chi connectivity index (χ3n) is 2.72. The average molecular weight is 264 g/mol. The van der Waals surface area contributed by atoms with Crippen molar-refractivity contribution in [2.24, 2.45) is 0 Å². The molecule has 0 saturated carbocycles. The van der Waals surface area contributed by atoms with Crippen LogP contribution in [0.5, 0.6) is 11.5 Å². The van der Waals surface area contributed by atoms with Gasteiger partial charge in [-0.3, -0.25) is 0 Å². The van der Waals surface area contributed by atoms with E-state index in [9.17, 15) is 13.9 Å². The van der Waals surface area contributed by atoms with E-state index in [1.807, 2.05) is 6.92 Å². The fourth-order valence-electron chi connectivity index (χ4n) is 1.72. The van der Waals surface area contributed by atoms with Crippen LogP contribution in [0, 0.1) is 11.6 Å². The Hall–Kier alpha value is -1.94. The summed E-state index contributed by atoms with van der Waals surface area (Å²) < 4.78 is 31.3. The molecule has 0 saturated heterocycles. The summed E-state index contributed by atoms with van der Waals surface area (Å²) in [4.78, 5) is 0. The highest BCUT2D eigenvalue weighted by Crippen LogP contribution is 2.25. The molecule has 0 aliphatic rings. The molecule has 0 heterocycles. The summed E-state index contributed by atoms with van der Waals surface area (Å²) in [6, 6.07) is 9.75. The first-order valence-electron chi connectivity index (χ1n) is 6.00. The summed E-state index contributed by atoms with van der Waals surface area (Å²) in [5.41, 5.74) is 0.778. The molecule has 0 aliphatic carbocycles. The molecule has 1 atom stereocenters. The summed E-state index contributed by atoms with van der Waals surface area (Å²) >= 11 is 0. The first-order chi connectivity index (χ1) is 9.08. The second-order valence-electron chi connectivity index (χ2n) is 4.20. The van der Waals surface area contributed by atoms with Crippen LogP contribution in [-0.2, 0) is 0 Å². The van der Waals surface area contributed by atoms with Crippen molar-refractivity contribution in [1.82, 2.24) is 0 Å². The predicted molar refractivity (Wildman–Crippen MR) is 68.1 cm³/mol. The Morgan fingerprint density at radius 1 is 1.00 bits per heavy atom. The molecule has 2 rings (SSSR count). The third kappa shape index (κ3) is 3.51. The van der Waals surface area contributed by atoms with Gasteiger partial charge in [0.05, 0.1) is 6.10 Å². The number of hydrogen-bond donors (Lipinski definition) is 1. The first-order valence-corrected chi connectivity index (χ1v) is 6.00. The highest BCUT2D eigenvalue weighted by molar-refractivity contribution is 5.34. The minimum atomic E-state index is -0.687. The van der Waals surface area contributed by atoms with Crippen molar-refractivity contribution in [3.63, 3.8) is 0 Å². The topological polar surface area (TPSA) is 29.5 Å². The lowest BCUT2D eigenvalue weighted by molar-refractivity contribution is 0.173. The fraction of sp³-hybridized carbons (Fsp3) is 0.200. The summed E-state index contributed by atoms with van der Waals surface area (Å²) in [6.45, 7) is 1.88. The van der Waals surface area contributed by atoms with E-state index in [2.05, 4.69) is 0 Å². The van der Waals surface area contributed by atoms with Gasteiger partial charge in [0.15, 0.2) is 0 Å². The Bertz CT molecular complexity index is 532. The molecule has 0 bridgehead atoms. The van der Waals surface area contributed by atoms with Crippen molar-refractivity contribution < 1.29 is 18.6 Å². The molecule has 2 nitrogen and oxygen atoms in total. The van der Waals surface area contributed by atoms with Crippen LogP contribution >= 0.6 is 0 Å². The molecule has 2 aromatic rings. The van der Waals surface area contributed by atoms with Gasteiger partial charge in [-0.25, -0.2) is 8.78 Å². The van der Waals surface area contributed by atoms with Crippen LogP contribution in [0.15, 0.2) is 42.5 Å². The Labute approximate surface area is 110 Å². The van der Waals surface area contributed by atoms with Crippen LogP contribution in [0.2, 0.25) is 0 Å². The van der Waals surface area contributed by atoms with Gasteiger partial charge in [0.25, 0.3) is 0 Å². The second-order valence-corrected chi connectivity index (χ2v) is 4.20. The van der Waals surface area contributed by atoms with Crippen molar-refractivity contribution in [2.45, 2.75) is 19.4 Å². The summed E-state index contributed by atoms with van der Waals surface area (Å²) in [6.07, 6.45) is 0.107. The molecule has 0 radical (unpaired) electrons. The predicted octanol–water partition coefficient (Wildman–Crippen LogP) is 4.20. The fourth-order valence-corrected chi connectivity index (χ4v) is 1.72. The largest absolute Gasteiger partial charge is 0.457 e. The quantitative estimate of drug-likeness (QED) is 0.896. The van der Waals surface area contributed by atoms with Crippen molar-refractivity contribution >= 4 is 0 Å². The van der Waals surface area contributed by atoms with Crippen molar-refractivity contribution in [1.29, 1.82) is 0 Å². The van der Waals surface area contributed by atoms with Crippen molar-refractivity contribution in [2.75, 3.05) is 0 Å². The van der Waals surface area contributed by atoms with E-state index < -0.39 is 17.7 Å². The van der Waals surface area contributed by atoms with Crippen LogP contribution in [0.4, 0.5) is 8.78 Å². The zero-order valence-corrected chi connectivity index (χ0v) is 10.4. The maximum atomic E-state index is 13.0. The Balaban J connectivity index is 2.15. The van der Waals surface area contributed by atoms with E-state index in [1.54, 1.807) is 24.3 Å². The average Bonchev–Trinajstić information content (AvgIpc) is 2.37. The van der Waals surface area contributed by atoms with Gasteiger partial charge in [-0.05, 0) is 24.1 Å².